The number of hydrogen-bond donors (Lipinski definition) is 2. The van der Waals surface area contributed by atoms with Crippen molar-refractivity contribution in [2.75, 3.05) is 4.90 Å². The van der Waals surface area contributed by atoms with Crippen molar-refractivity contribution in [2.45, 2.75) is 19.3 Å². The van der Waals surface area contributed by atoms with Gasteiger partial charge in [0, 0.05) is 24.3 Å². The van der Waals surface area contributed by atoms with Gasteiger partial charge in [-0.15, -0.1) is 0 Å². The standard InChI is InChI=1S/C23H18F3N3O2/c24-23(25,26)19-2-1-3-20(11-19)29-13-17-7-6-16(10-18(17)14-29)22(31)28-27-12-15-4-8-21(30)9-5-15/h1-12,30H,13-14H2,(H,28,31)/b27-12+. The van der Waals surface area contributed by atoms with Crippen LogP contribution < -0.4 is 10.3 Å². The van der Waals surface area contributed by atoms with Crippen LogP contribution in [0.2, 0.25) is 0 Å². The van der Waals surface area contributed by atoms with E-state index in [1.807, 2.05) is 11.0 Å². The first kappa shape index (κ1) is 20.5. The molecule has 3 aromatic carbocycles. The van der Waals surface area contributed by atoms with Crippen LogP contribution >= 0.6 is 0 Å². The number of alkyl halides is 3. The van der Waals surface area contributed by atoms with E-state index >= 15 is 0 Å². The fourth-order valence-electron chi connectivity index (χ4n) is 3.39. The van der Waals surface area contributed by atoms with Gasteiger partial charge in [-0.3, -0.25) is 4.79 Å². The molecule has 0 saturated heterocycles. The molecule has 1 aliphatic heterocycles. The molecule has 0 unspecified atom stereocenters. The molecule has 4 rings (SSSR count). The summed E-state index contributed by atoms with van der Waals surface area (Å²) in [5.41, 5.74) is 5.21. The lowest BCUT2D eigenvalue weighted by Gasteiger charge is -2.19. The fraction of sp³-hybridized carbons (Fsp3) is 0.130. The van der Waals surface area contributed by atoms with Crippen molar-refractivity contribution in [3.8, 4) is 5.75 Å². The van der Waals surface area contributed by atoms with Gasteiger partial charge >= 0.3 is 6.18 Å². The summed E-state index contributed by atoms with van der Waals surface area (Å²) in [6, 6.07) is 16.8. The molecule has 0 aromatic heterocycles. The van der Waals surface area contributed by atoms with Crippen LogP contribution in [0.1, 0.15) is 32.6 Å². The maximum Gasteiger partial charge on any atom is 0.416 e. The second-order valence-electron chi connectivity index (χ2n) is 7.18. The van der Waals surface area contributed by atoms with E-state index in [1.54, 1.807) is 30.3 Å². The van der Waals surface area contributed by atoms with E-state index in [4.69, 9.17) is 0 Å². The number of phenolic OH excluding ortho intramolecular Hbond substituents is 1. The third kappa shape index (κ3) is 4.69. The Bertz CT molecular complexity index is 1140. The van der Waals surface area contributed by atoms with E-state index in [1.165, 1.54) is 24.4 Å². The minimum absolute atomic E-state index is 0.138. The lowest BCUT2D eigenvalue weighted by Crippen LogP contribution is -2.18. The normalized spacial score (nSPS) is 13.5. The van der Waals surface area contributed by atoms with Crippen LogP contribution in [0.3, 0.4) is 0 Å². The van der Waals surface area contributed by atoms with Gasteiger partial charge in [0.1, 0.15) is 5.75 Å². The monoisotopic (exact) mass is 425 g/mol. The number of nitrogens with zero attached hydrogens (tertiary/aromatic N) is 2. The third-order valence-electron chi connectivity index (χ3n) is 5.00. The van der Waals surface area contributed by atoms with Crippen molar-refractivity contribution in [1.82, 2.24) is 5.43 Å². The lowest BCUT2D eigenvalue weighted by molar-refractivity contribution is -0.137. The summed E-state index contributed by atoms with van der Waals surface area (Å²) in [5, 5.41) is 13.2. The molecule has 1 aliphatic rings. The van der Waals surface area contributed by atoms with Crippen molar-refractivity contribution >= 4 is 17.8 Å². The second-order valence-corrected chi connectivity index (χ2v) is 7.18. The summed E-state index contributed by atoms with van der Waals surface area (Å²) in [6.07, 6.45) is -2.94. The summed E-state index contributed by atoms with van der Waals surface area (Å²) in [4.78, 5) is 14.2. The largest absolute Gasteiger partial charge is 0.508 e. The zero-order valence-electron chi connectivity index (χ0n) is 16.2. The molecule has 8 heteroatoms. The van der Waals surface area contributed by atoms with Gasteiger partial charge in [0.2, 0.25) is 0 Å². The Morgan fingerprint density at radius 1 is 1.00 bits per heavy atom. The summed E-state index contributed by atoms with van der Waals surface area (Å²) in [6.45, 7) is 0.881. The first-order valence-electron chi connectivity index (χ1n) is 9.46. The molecule has 31 heavy (non-hydrogen) atoms. The summed E-state index contributed by atoms with van der Waals surface area (Å²) in [5.74, 6) is -0.256. The molecule has 0 atom stereocenters. The number of carbonyl (C=O) groups excluding carboxylic acids is 1. The number of halogens is 3. The number of amides is 1. The summed E-state index contributed by atoms with van der Waals surface area (Å²) >= 11 is 0. The molecule has 158 valence electrons. The van der Waals surface area contributed by atoms with Crippen LogP contribution in [0.15, 0.2) is 71.8 Å². The first-order chi connectivity index (χ1) is 14.8. The molecule has 5 nitrogen and oxygen atoms in total. The van der Waals surface area contributed by atoms with Gasteiger partial charge < -0.3 is 10.0 Å². The number of hydrazone groups is 1. The van der Waals surface area contributed by atoms with Crippen LogP contribution in [0.4, 0.5) is 18.9 Å². The molecule has 0 saturated carbocycles. The lowest BCUT2D eigenvalue weighted by atomic mass is 10.1. The third-order valence-corrected chi connectivity index (χ3v) is 5.00. The topological polar surface area (TPSA) is 64.9 Å². The average molecular weight is 425 g/mol. The molecule has 1 amide bonds. The highest BCUT2D eigenvalue weighted by Crippen LogP contribution is 2.34. The van der Waals surface area contributed by atoms with Crippen LogP contribution in [0.5, 0.6) is 5.75 Å². The molecule has 0 fully saturated rings. The number of nitrogens with one attached hydrogen (secondary N) is 1. The summed E-state index contributed by atoms with van der Waals surface area (Å²) in [7, 11) is 0. The number of aromatic hydroxyl groups is 1. The number of anilines is 1. The van der Waals surface area contributed by atoms with Gasteiger partial charge in [-0.1, -0.05) is 12.1 Å². The van der Waals surface area contributed by atoms with Crippen LogP contribution in [-0.4, -0.2) is 17.2 Å². The zero-order chi connectivity index (χ0) is 22.0. The average Bonchev–Trinajstić information content (AvgIpc) is 3.18. The highest BCUT2D eigenvalue weighted by molar-refractivity contribution is 5.95. The number of rotatable bonds is 4. The molecule has 0 spiro atoms. The van der Waals surface area contributed by atoms with Gasteiger partial charge in [-0.2, -0.15) is 18.3 Å². The molecule has 1 heterocycles. The predicted molar refractivity (Wildman–Crippen MR) is 111 cm³/mol. The molecular weight excluding hydrogens is 407 g/mol. The van der Waals surface area contributed by atoms with Crippen molar-refractivity contribution in [3.63, 3.8) is 0 Å². The van der Waals surface area contributed by atoms with Crippen molar-refractivity contribution in [2.24, 2.45) is 5.10 Å². The fourth-order valence-corrected chi connectivity index (χ4v) is 3.39. The molecule has 0 radical (unpaired) electrons. The zero-order valence-corrected chi connectivity index (χ0v) is 16.2. The Morgan fingerprint density at radius 2 is 1.74 bits per heavy atom. The van der Waals surface area contributed by atoms with E-state index in [2.05, 4.69) is 10.5 Å². The van der Waals surface area contributed by atoms with E-state index < -0.39 is 17.6 Å². The Kier molecular flexibility index (Phi) is 5.37. The highest BCUT2D eigenvalue weighted by atomic mass is 19.4. The minimum atomic E-state index is -4.39. The van der Waals surface area contributed by atoms with E-state index in [0.717, 1.165) is 23.3 Å². The number of benzene rings is 3. The molecule has 2 N–H and O–H groups in total. The second kappa shape index (κ2) is 8.14. The number of fused-ring (bicyclic) bond motifs is 1. The SMILES string of the molecule is O=C(N/N=C/c1ccc(O)cc1)c1ccc2c(c1)CN(c1cccc(C(F)(F)F)c1)C2. The Labute approximate surface area is 176 Å². The smallest absolute Gasteiger partial charge is 0.416 e. The number of carbonyl (C=O) groups is 1. The van der Waals surface area contributed by atoms with Gasteiger partial charge in [-0.25, -0.2) is 5.43 Å². The first-order valence-corrected chi connectivity index (χ1v) is 9.46. The molecular formula is C23H18F3N3O2. The predicted octanol–water partition coefficient (Wildman–Crippen LogP) is 4.70. The van der Waals surface area contributed by atoms with E-state index in [9.17, 15) is 23.1 Å². The van der Waals surface area contributed by atoms with Crippen molar-refractivity contribution < 1.29 is 23.1 Å². The maximum absolute atomic E-state index is 13.0. The van der Waals surface area contributed by atoms with Crippen molar-refractivity contribution in [1.29, 1.82) is 0 Å². The van der Waals surface area contributed by atoms with Crippen LogP contribution in [0.25, 0.3) is 0 Å². The Balaban J connectivity index is 1.44. The minimum Gasteiger partial charge on any atom is -0.508 e. The Hall–Kier alpha value is -3.81. The summed E-state index contributed by atoms with van der Waals surface area (Å²) < 4.78 is 39.0. The Morgan fingerprint density at radius 3 is 2.48 bits per heavy atom. The van der Waals surface area contributed by atoms with Gasteiger partial charge in [0.05, 0.1) is 11.8 Å². The number of phenols is 1. The molecule has 0 bridgehead atoms. The maximum atomic E-state index is 13.0. The van der Waals surface area contributed by atoms with E-state index in [0.29, 0.717) is 29.9 Å². The molecule has 0 aliphatic carbocycles. The van der Waals surface area contributed by atoms with Gasteiger partial charge in [0.25, 0.3) is 5.91 Å². The van der Waals surface area contributed by atoms with E-state index in [-0.39, 0.29) is 5.75 Å². The van der Waals surface area contributed by atoms with Crippen LogP contribution in [0, 0.1) is 0 Å². The quantitative estimate of drug-likeness (QED) is 0.471. The van der Waals surface area contributed by atoms with Crippen LogP contribution in [-0.2, 0) is 19.3 Å². The molecule has 3 aromatic rings. The van der Waals surface area contributed by atoms with Gasteiger partial charge in [0.15, 0.2) is 0 Å². The van der Waals surface area contributed by atoms with Crippen molar-refractivity contribution in [3.05, 3.63) is 94.5 Å². The highest BCUT2D eigenvalue weighted by Gasteiger charge is 2.31. The van der Waals surface area contributed by atoms with Gasteiger partial charge in [-0.05, 0) is 71.3 Å². The number of hydrogen-bond acceptors (Lipinski definition) is 4.